The summed E-state index contributed by atoms with van der Waals surface area (Å²) in [5.74, 6) is 0. The van der Waals surface area contributed by atoms with E-state index in [1.54, 1.807) is 0 Å². The molecule has 0 aliphatic heterocycles. The van der Waals surface area contributed by atoms with E-state index in [0.29, 0.717) is 22.7 Å². The Kier molecular flexibility index (Phi) is 6.58. The van der Waals surface area contributed by atoms with Gasteiger partial charge in [0, 0.05) is 65.8 Å². The first-order valence-corrected chi connectivity index (χ1v) is 23.3. The minimum atomic E-state index is -0.455. The Bertz CT molecular complexity index is 4360. The van der Waals surface area contributed by atoms with E-state index in [4.69, 9.17) is 8.22 Å². The monoisotopic (exact) mass is 888 g/mol. The van der Waals surface area contributed by atoms with Crippen LogP contribution < -0.4 is 9.80 Å². The molecule has 0 saturated heterocycles. The van der Waals surface area contributed by atoms with Crippen LogP contribution >= 0.6 is 0 Å². The molecular weight excluding hydrogens is 825 g/mol. The Morgan fingerprint density at radius 1 is 0.382 bits per heavy atom. The van der Waals surface area contributed by atoms with Crippen molar-refractivity contribution in [1.29, 1.82) is 0 Å². The Morgan fingerprint density at radius 2 is 0.765 bits per heavy atom. The van der Waals surface area contributed by atoms with E-state index in [9.17, 15) is 5.48 Å². The van der Waals surface area contributed by atoms with Gasteiger partial charge in [-0.15, -0.1) is 0 Å². The van der Waals surface area contributed by atoms with Crippen LogP contribution in [0.5, 0.6) is 0 Å². The van der Waals surface area contributed by atoms with Crippen LogP contribution in [0.3, 0.4) is 0 Å². The van der Waals surface area contributed by atoms with Gasteiger partial charge >= 0.3 is 0 Å². The molecule has 0 atom stereocenters. The maximum atomic E-state index is 9.35. The molecule has 4 heteroatoms. The topological polar surface area (TPSA) is 15.3 Å². The van der Waals surface area contributed by atoms with Crippen molar-refractivity contribution in [3.05, 3.63) is 204 Å². The summed E-state index contributed by atoms with van der Waals surface area (Å²) < 4.78 is 94.6. The van der Waals surface area contributed by atoms with E-state index in [2.05, 4.69) is 111 Å². The van der Waals surface area contributed by atoms with Gasteiger partial charge in [-0.05, 0) is 109 Å². The fourth-order valence-electron chi connectivity index (χ4n) is 11.1. The number of fused-ring (bicyclic) bond motifs is 12. The first kappa shape index (κ1) is 31.2. The molecule has 0 saturated carbocycles. The van der Waals surface area contributed by atoms with Gasteiger partial charge in [-0.1, -0.05) is 162 Å². The van der Waals surface area contributed by atoms with Crippen molar-refractivity contribution in [3.8, 4) is 0 Å². The molecule has 4 heterocycles. The van der Waals surface area contributed by atoms with E-state index in [-0.39, 0.29) is 46.4 Å². The summed E-state index contributed by atoms with van der Waals surface area (Å²) in [4.78, 5) is 3.67. The summed E-state index contributed by atoms with van der Waals surface area (Å²) in [6.45, 7) is 17.3. The summed E-state index contributed by atoms with van der Waals surface area (Å²) in [6, 6.07) is 37.6. The fraction of sp³-hybridized carbons (Fsp3) is 0.156. The lowest BCUT2D eigenvalue weighted by molar-refractivity contribution is 0.594. The second-order valence-electron chi connectivity index (χ2n) is 20.5. The molecule has 0 aliphatic carbocycles. The SMILES string of the molecule is [2H]c1c([2H])c([2H])c(N(c2ccc(C)cc2)c2ccc3c4cc5c(cc4n4c6c(C(C)(C)C)cccc6c2c34)c2ccc(N(c3ccc(C)cc3)c3c([2H])c([2H])c([2H])c([2H])c3[2H])c3c4cccc(C(C)(C)C)c4n5c23)c([2H])c1[2H]. The molecule has 13 rings (SSSR count). The van der Waals surface area contributed by atoms with Crippen molar-refractivity contribution < 1.29 is 13.7 Å². The second-order valence-corrected chi connectivity index (χ2v) is 20.5. The first-order valence-electron chi connectivity index (χ1n) is 28.3. The number of nitrogens with zero attached hydrogens (tertiary/aromatic N) is 4. The van der Waals surface area contributed by atoms with Gasteiger partial charge in [0.1, 0.15) is 0 Å². The lowest BCUT2D eigenvalue weighted by atomic mass is 9.85. The minimum absolute atomic E-state index is 0.0594. The molecule has 0 radical (unpaired) electrons. The Labute approximate surface area is 411 Å². The zero-order valence-corrected chi connectivity index (χ0v) is 39.3. The highest BCUT2D eigenvalue weighted by molar-refractivity contribution is 6.32. The number of para-hydroxylation sites is 4. The van der Waals surface area contributed by atoms with Crippen molar-refractivity contribution in [3.63, 3.8) is 0 Å². The van der Waals surface area contributed by atoms with Gasteiger partial charge in [0.05, 0.1) is 58.2 Å². The van der Waals surface area contributed by atoms with Crippen LogP contribution in [0.1, 0.15) is 77.5 Å². The highest BCUT2D eigenvalue weighted by Crippen LogP contribution is 2.53. The summed E-state index contributed by atoms with van der Waals surface area (Å²) >= 11 is 0. The molecule has 4 nitrogen and oxygen atoms in total. The predicted molar refractivity (Wildman–Crippen MR) is 292 cm³/mol. The third kappa shape index (κ3) is 5.73. The third-order valence-corrected chi connectivity index (χ3v) is 14.1. The van der Waals surface area contributed by atoms with Crippen molar-refractivity contribution in [1.82, 2.24) is 8.80 Å². The van der Waals surface area contributed by atoms with Crippen LogP contribution in [0.2, 0.25) is 0 Å². The average molecular weight is 889 g/mol. The van der Waals surface area contributed by atoms with Crippen LogP contribution in [0.25, 0.3) is 76.2 Å². The average Bonchev–Trinajstić information content (AvgIpc) is 2.88. The van der Waals surface area contributed by atoms with Crippen LogP contribution in [-0.4, -0.2) is 8.80 Å². The Morgan fingerprint density at radius 3 is 1.13 bits per heavy atom. The lowest BCUT2D eigenvalue weighted by Crippen LogP contribution is -2.12. The molecule has 0 spiro atoms. The fourth-order valence-corrected chi connectivity index (χ4v) is 11.1. The zero-order valence-electron chi connectivity index (χ0n) is 49.3. The molecule has 0 aliphatic rings. The molecule has 4 aromatic heterocycles. The number of hydrogen-bond donors (Lipinski definition) is 0. The summed E-state index contributed by atoms with van der Waals surface area (Å²) in [5.41, 5.74) is 12.3. The van der Waals surface area contributed by atoms with Gasteiger partial charge in [0.25, 0.3) is 0 Å². The largest absolute Gasteiger partial charge is 0.310 e. The lowest BCUT2D eigenvalue weighted by Gasteiger charge is -2.26. The standard InChI is InChI=1S/C64H54N4/c1-39-25-29-43(30-26-39)65(41-17-11-9-12-18-41)53-35-33-45-49-37-56-50(38-55(49)67-59-47(57(53)61(45)67)21-15-23-51(59)63(3,4)5)46-34-36-54(66(42-19-13-10-14-20-42)44-31-27-40(2)28-32-44)58-48-22-16-24-52(64(6,7)8)60(48)68(56)62(46)58/h9-38H,1-8H3/i9D,10D,11D,12D,13D,14D,17D,18D,19D,20D. The van der Waals surface area contributed by atoms with E-state index >= 15 is 0 Å². The quantitative estimate of drug-likeness (QED) is 0.165. The van der Waals surface area contributed by atoms with Gasteiger partial charge in [-0.3, -0.25) is 0 Å². The smallest absolute Gasteiger partial charge is 0.0645 e. The first-order chi connectivity index (χ1) is 37.0. The van der Waals surface area contributed by atoms with E-state index in [1.165, 1.54) is 0 Å². The Hall–Kier alpha value is -7.82. The molecule has 0 amide bonds. The molecule has 0 fully saturated rings. The van der Waals surface area contributed by atoms with Crippen LogP contribution in [0.15, 0.2) is 182 Å². The molecule has 0 bridgehead atoms. The summed E-state index contributed by atoms with van der Waals surface area (Å²) in [6.07, 6.45) is 0. The third-order valence-electron chi connectivity index (χ3n) is 14.1. The van der Waals surface area contributed by atoms with Gasteiger partial charge in [0.2, 0.25) is 0 Å². The molecule has 0 unspecified atom stereocenters. The predicted octanol–water partition coefficient (Wildman–Crippen LogP) is 18.1. The molecule has 0 N–H and O–H groups in total. The number of benzene rings is 9. The second kappa shape index (κ2) is 14.3. The van der Waals surface area contributed by atoms with Gasteiger partial charge in [-0.25, -0.2) is 0 Å². The molecular formula is C64H54N4. The zero-order chi connectivity index (χ0) is 55.1. The van der Waals surface area contributed by atoms with Crippen LogP contribution in [-0.2, 0) is 10.8 Å². The van der Waals surface area contributed by atoms with Crippen molar-refractivity contribution in [2.45, 2.75) is 66.2 Å². The number of anilines is 6. The van der Waals surface area contributed by atoms with Crippen molar-refractivity contribution >= 4 is 110 Å². The van der Waals surface area contributed by atoms with Crippen molar-refractivity contribution in [2.75, 3.05) is 9.80 Å². The van der Waals surface area contributed by atoms with E-state index in [1.807, 2.05) is 84.3 Å². The minimum Gasteiger partial charge on any atom is -0.310 e. The van der Waals surface area contributed by atoms with Gasteiger partial charge in [0.15, 0.2) is 0 Å². The van der Waals surface area contributed by atoms with Gasteiger partial charge in [-0.2, -0.15) is 0 Å². The molecule has 330 valence electrons. The van der Waals surface area contributed by atoms with Gasteiger partial charge < -0.3 is 18.6 Å². The molecule has 13 aromatic rings. The number of aryl methyl sites for hydroxylation is 2. The maximum absolute atomic E-state index is 9.35. The highest BCUT2D eigenvalue weighted by Gasteiger charge is 2.31. The van der Waals surface area contributed by atoms with Crippen LogP contribution in [0.4, 0.5) is 34.1 Å². The van der Waals surface area contributed by atoms with Crippen molar-refractivity contribution in [2.24, 2.45) is 0 Å². The number of hydrogen-bond acceptors (Lipinski definition) is 2. The summed E-state index contributed by atoms with van der Waals surface area (Å²) in [5, 5.41) is 7.68. The molecule has 9 aromatic carbocycles. The number of aromatic nitrogens is 2. The molecule has 68 heavy (non-hydrogen) atoms. The maximum Gasteiger partial charge on any atom is 0.0645 e. The van der Waals surface area contributed by atoms with E-state index in [0.717, 1.165) is 98.4 Å². The van der Waals surface area contributed by atoms with Crippen LogP contribution in [0, 0.1) is 13.8 Å². The highest BCUT2D eigenvalue weighted by atomic mass is 15.2. The normalized spacial score (nSPS) is 14.8. The summed E-state index contributed by atoms with van der Waals surface area (Å²) in [7, 11) is 0. The number of rotatable bonds is 6. The van der Waals surface area contributed by atoms with E-state index < -0.39 is 36.3 Å². The Balaban J connectivity index is 1.20.